The number of aromatic nitrogens is 1. The number of carbonyl (C=O) groups excluding carboxylic acids is 2. The zero-order valence-corrected chi connectivity index (χ0v) is 20.4. The number of aromatic amines is 1. The molecule has 2 N–H and O–H groups in total. The van der Waals surface area contributed by atoms with Crippen molar-refractivity contribution in [2.24, 2.45) is 5.92 Å². The van der Waals surface area contributed by atoms with Gasteiger partial charge in [0.25, 0.3) is 0 Å². The number of fused-ring (bicyclic) bond motifs is 2. The van der Waals surface area contributed by atoms with Gasteiger partial charge < -0.3 is 14.5 Å². The first kappa shape index (κ1) is 23.7. The van der Waals surface area contributed by atoms with Crippen LogP contribution in [0.15, 0.2) is 51.7 Å². The number of nitriles is 1. The Morgan fingerprint density at radius 3 is 2.56 bits per heavy atom. The number of rotatable bonds is 5. The normalized spacial score (nSPS) is 21.5. The number of hydrogen-bond donors (Lipinski definition) is 2. The molecule has 0 radical (unpaired) electrons. The van der Waals surface area contributed by atoms with E-state index in [0.717, 1.165) is 29.5 Å². The predicted molar refractivity (Wildman–Crippen MR) is 132 cm³/mol. The van der Waals surface area contributed by atoms with E-state index in [1.165, 1.54) is 4.90 Å². The third kappa shape index (κ3) is 4.47. The quantitative estimate of drug-likeness (QED) is 0.563. The van der Waals surface area contributed by atoms with E-state index in [-0.39, 0.29) is 17.9 Å². The van der Waals surface area contributed by atoms with Crippen molar-refractivity contribution in [1.29, 1.82) is 5.26 Å². The number of amides is 2. The summed E-state index contributed by atoms with van der Waals surface area (Å²) < 4.78 is 10.5. The number of oxazole rings is 1. The summed E-state index contributed by atoms with van der Waals surface area (Å²) in [7, 11) is 0. The molecule has 2 amide bonds. The smallest absolute Gasteiger partial charge is 0.417 e. The Hall–Kier alpha value is -4.06. The Kier molecular flexibility index (Phi) is 5.83. The van der Waals surface area contributed by atoms with E-state index >= 15 is 0 Å². The molecule has 0 bridgehead atoms. The Morgan fingerprint density at radius 1 is 1.19 bits per heavy atom. The summed E-state index contributed by atoms with van der Waals surface area (Å²) in [6, 6.07) is 14.0. The lowest BCUT2D eigenvalue weighted by Gasteiger charge is -2.60. The van der Waals surface area contributed by atoms with Crippen molar-refractivity contribution in [2.45, 2.75) is 63.8 Å². The molecule has 1 saturated carbocycles. The molecule has 2 aliphatic rings. The fourth-order valence-electron chi connectivity index (χ4n) is 5.00. The van der Waals surface area contributed by atoms with E-state index in [0.29, 0.717) is 17.5 Å². The van der Waals surface area contributed by atoms with Crippen LogP contribution in [0.4, 0.5) is 4.79 Å². The zero-order valence-electron chi connectivity index (χ0n) is 20.4. The maximum absolute atomic E-state index is 13.1. The third-order valence-electron chi connectivity index (χ3n) is 6.84. The number of nitrogens with one attached hydrogen (secondary N) is 2. The van der Waals surface area contributed by atoms with Crippen molar-refractivity contribution < 1.29 is 18.7 Å². The minimum atomic E-state index is -0.727. The summed E-state index contributed by atoms with van der Waals surface area (Å²) >= 11 is 0. The van der Waals surface area contributed by atoms with Crippen molar-refractivity contribution in [3.8, 4) is 17.2 Å². The minimum absolute atomic E-state index is 0.0442. The monoisotopic (exact) mass is 488 g/mol. The van der Waals surface area contributed by atoms with Crippen LogP contribution in [0.2, 0.25) is 0 Å². The zero-order chi connectivity index (χ0) is 25.6. The summed E-state index contributed by atoms with van der Waals surface area (Å²) in [5, 5.41) is 12.5. The van der Waals surface area contributed by atoms with Gasteiger partial charge >= 0.3 is 11.8 Å². The van der Waals surface area contributed by atoms with Crippen LogP contribution in [0.3, 0.4) is 0 Å². The number of piperidine rings is 1. The number of nitrogens with zero attached hydrogens (tertiary/aromatic N) is 2. The molecular weight excluding hydrogens is 460 g/mol. The molecule has 9 heteroatoms. The van der Waals surface area contributed by atoms with Crippen LogP contribution in [-0.2, 0) is 16.0 Å². The maximum Gasteiger partial charge on any atom is 0.417 e. The van der Waals surface area contributed by atoms with Gasteiger partial charge in [0.05, 0.1) is 11.6 Å². The van der Waals surface area contributed by atoms with E-state index < -0.39 is 29.5 Å². The molecule has 1 aliphatic carbocycles. The molecule has 2 aromatic carbocycles. The molecule has 9 nitrogen and oxygen atoms in total. The molecule has 3 aromatic rings. The predicted octanol–water partition coefficient (Wildman–Crippen LogP) is 3.74. The van der Waals surface area contributed by atoms with E-state index in [1.54, 1.807) is 26.8 Å². The fraction of sp³-hybridized carbons (Fsp3) is 0.407. The van der Waals surface area contributed by atoms with Gasteiger partial charge in [-0.2, -0.15) is 5.26 Å². The Morgan fingerprint density at radius 2 is 1.92 bits per heavy atom. The molecule has 1 aromatic heterocycles. The standard InChI is InChI=1S/C27H28N4O5/c1-27(2,3)36-26(34)31-21-10-9-19(21)23(31)24(32)29-18(14-28)12-15-4-6-16(7-5-15)17-8-11-22-20(13-17)30-25(33)35-22/h4-8,11,13,18-19,21,23H,9-10,12H2,1-3H3,(H,29,32)(H,30,33)/t18-,19?,21+,23-/m0/s1. The molecule has 186 valence electrons. The van der Waals surface area contributed by atoms with Gasteiger partial charge in [0, 0.05) is 18.4 Å². The van der Waals surface area contributed by atoms with Crippen LogP contribution >= 0.6 is 0 Å². The summed E-state index contributed by atoms with van der Waals surface area (Å²) in [6.07, 6.45) is 1.61. The first-order valence-electron chi connectivity index (χ1n) is 12.1. The first-order chi connectivity index (χ1) is 17.1. The van der Waals surface area contributed by atoms with E-state index in [2.05, 4.69) is 16.4 Å². The number of H-pyrrole nitrogens is 1. The Bertz CT molecular complexity index is 1410. The SMILES string of the molecule is CC(C)(C)OC(=O)N1[C@@H]2CCC2[C@H]1C(=O)N[C@H](C#N)Cc1ccc(-c2ccc3oc(=O)[nH]c3c2)cc1. The second kappa shape index (κ2) is 8.86. The molecule has 4 atom stereocenters. The van der Waals surface area contributed by atoms with Crippen molar-refractivity contribution in [1.82, 2.24) is 15.2 Å². The lowest BCUT2D eigenvalue weighted by molar-refractivity contribution is -0.155. The highest BCUT2D eigenvalue weighted by atomic mass is 16.6. The molecule has 1 unspecified atom stereocenters. The highest BCUT2D eigenvalue weighted by molar-refractivity contribution is 5.89. The molecular formula is C27H28N4O5. The van der Waals surface area contributed by atoms with E-state index in [4.69, 9.17) is 9.15 Å². The number of likely N-dealkylation sites (tertiary alicyclic amines) is 1. The summed E-state index contributed by atoms with van der Waals surface area (Å²) in [6.45, 7) is 5.39. The van der Waals surface area contributed by atoms with Crippen molar-refractivity contribution in [3.05, 3.63) is 58.6 Å². The van der Waals surface area contributed by atoms with Crippen LogP contribution in [0.1, 0.15) is 39.2 Å². The number of ether oxygens (including phenoxy) is 1. The van der Waals surface area contributed by atoms with Gasteiger partial charge in [-0.05, 0) is 62.4 Å². The largest absolute Gasteiger partial charge is 0.444 e. The van der Waals surface area contributed by atoms with Crippen LogP contribution in [0.25, 0.3) is 22.2 Å². The number of hydrogen-bond acceptors (Lipinski definition) is 6. The van der Waals surface area contributed by atoms with Gasteiger partial charge in [-0.1, -0.05) is 30.3 Å². The molecule has 1 aliphatic heterocycles. The Balaban J connectivity index is 1.23. The van der Waals surface area contributed by atoms with Crippen molar-refractivity contribution in [3.63, 3.8) is 0 Å². The second-order valence-electron chi connectivity index (χ2n) is 10.5. The highest BCUT2D eigenvalue weighted by Crippen LogP contribution is 2.47. The van der Waals surface area contributed by atoms with Crippen molar-refractivity contribution >= 4 is 23.1 Å². The molecule has 0 spiro atoms. The summed E-state index contributed by atoms with van der Waals surface area (Å²) in [5.41, 5.74) is 3.23. The van der Waals surface area contributed by atoms with Gasteiger partial charge in [0.15, 0.2) is 5.58 Å². The summed E-state index contributed by atoms with van der Waals surface area (Å²) in [4.78, 5) is 41.3. The van der Waals surface area contributed by atoms with E-state index in [1.807, 2.05) is 36.4 Å². The van der Waals surface area contributed by atoms with Crippen LogP contribution in [0.5, 0.6) is 0 Å². The van der Waals surface area contributed by atoms with Crippen LogP contribution in [-0.4, -0.2) is 45.6 Å². The van der Waals surface area contributed by atoms with Gasteiger partial charge in [0.2, 0.25) is 5.91 Å². The molecule has 2 heterocycles. The first-order valence-corrected chi connectivity index (χ1v) is 12.1. The number of carbonyl (C=O) groups is 2. The lowest BCUT2D eigenvalue weighted by atomic mass is 9.65. The average molecular weight is 489 g/mol. The molecule has 5 rings (SSSR count). The number of benzene rings is 2. The van der Waals surface area contributed by atoms with Gasteiger partial charge in [-0.3, -0.25) is 14.7 Å². The van der Waals surface area contributed by atoms with E-state index in [9.17, 15) is 19.6 Å². The third-order valence-corrected chi connectivity index (χ3v) is 6.84. The van der Waals surface area contributed by atoms with Gasteiger partial charge in [-0.15, -0.1) is 0 Å². The fourth-order valence-corrected chi connectivity index (χ4v) is 5.00. The second-order valence-corrected chi connectivity index (χ2v) is 10.5. The van der Waals surface area contributed by atoms with Gasteiger partial charge in [0.1, 0.15) is 17.7 Å². The average Bonchev–Trinajstić information content (AvgIpc) is 3.18. The van der Waals surface area contributed by atoms with Crippen LogP contribution in [0, 0.1) is 17.2 Å². The lowest BCUT2D eigenvalue weighted by Crippen LogP contribution is -2.75. The van der Waals surface area contributed by atoms with Crippen molar-refractivity contribution in [2.75, 3.05) is 0 Å². The van der Waals surface area contributed by atoms with Crippen LogP contribution < -0.4 is 11.1 Å². The molecule has 2 fully saturated rings. The topological polar surface area (TPSA) is 128 Å². The minimum Gasteiger partial charge on any atom is -0.444 e. The molecule has 1 saturated heterocycles. The Labute approximate surface area is 208 Å². The molecule has 36 heavy (non-hydrogen) atoms. The maximum atomic E-state index is 13.1. The summed E-state index contributed by atoms with van der Waals surface area (Å²) in [5.74, 6) is -0.683. The highest BCUT2D eigenvalue weighted by Gasteiger charge is 2.60. The van der Waals surface area contributed by atoms with Gasteiger partial charge in [-0.25, -0.2) is 9.59 Å².